The molecule has 2 amide bonds. The Morgan fingerprint density at radius 3 is 2.30 bits per heavy atom. The molecule has 1 aliphatic rings. The van der Waals surface area contributed by atoms with Crippen LogP contribution in [0.4, 0.5) is 40.8 Å². The highest BCUT2D eigenvalue weighted by Crippen LogP contribution is 2.48. The van der Waals surface area contributed by atoms with Crippen LogP contribution in [0.5, 0.6) is 6.01 Å². The second kappa shape index (κ2) is 12.5. The molecule has 1 saturated carbocycles. The van der Waals surface area contributed by atoms with E-state index in [-0.39, 0.29) is 36.4 Å². The molecule has 1 fully saturated rings. The molecule has 0 saturated heterocycles. The second-order valence-electron chi connectivity index (χ2n) is 10.8. The maximum atomic E-state index is 14.9. The number of nitrogens with two attached hydrogens (primary N) is 1. The second-order valence-corrected chi connectivity index (χ2v) is 11.2. The maximum absolute atomic E-state index is 14.9. The lowest BCUT2D eigenvalue weighted by Crippen LogP contribution is -2.43. The molecule has 1 aliphatic carbocycles. The van der Waals surface area contributed by atoms with Crippen molar-refractivity contribution in [3.63, 3.8) is 0 Å². The van der Waals surface area contributed by atoms with Gasteiger partial charge in [-0.2, -0.15) is 28.1 Å². The van der Waals surface area contributed by atoms with Gasteiger partial charge in [0.1, 0.15) is 5.82 Å². The van der Waals surface area contributed by atoms with Gasteiger partial charge < -0.3 is 31.7 Å². The van der Waals surface area contributed by atoms with Gasteiger partial charge in [0.05, 0.1) is 11.2 Å². The zero-order valence-electron chi connectivity index (χ0n) is 23.1. The summed E-state index contributed by atoms with van der Waals surface area (Å²) >= 11 is 5.99. The summed E-state index contributed by atoms with van der Waals surface area (Å²) in [5.74, 6) is -2.88. The lowest BCUT2D eigenvalue weighted by molar-refractivity contribution is -0.154. The highest BCUT2D eigenvalue weighted by molar-refractivity contribution is 6.34. The molecule has 230 valence electrons. The van der Waals surface area contributed by atoms with E-state index in [0.717, 1.165) is 24.5 Å². The van der Waals surface area contributed by atoms with Crippen molar-refractivity contribution in [2.45, 2.75) is 38.4 Å². The molecule has 0 atom stereocenters. The van der Waals surface area contributed by atoms with Crippen molar-refractivity contribution in [2.75, 3.05) is 35.6 Å². The van der Waals surface area contributed by atoms with Crippen molar-refractivity contribution in [2.24, 2.45) is 11.1 Å². The third-order valence-corrected chi connectivity index (χ3v) is 6.66. The van der Waals surface area contributed by atoms with E-state index in [2.05, 4.69) is 36.2 Å². The number of aromatic nitrogens is 3. The Morgan fingerprint density at radius 2 is 1.70 bits per heavy atom. The zero-order chi connectivity index (χ0) is 31.4. The normalized spacial score (nSPS) is 14.0. The first-order valence-electron chi connectivity index (χ1n) is 13.0. The van der Waals surface area contributed by atoms with Gasteiger partial charge >= 0.3 is 24.0 Å². The van der Waals surface area contributed by atoms with Crippen LogP contribution in [0.2, 0.25) is 5.02 Å². The van der Waals surface area contributed by atoms with Crippen LogP contribution in [-0.2, 0) is 15.1 Å². The zero-order valence-corrected chi connectivity index (χ0v) is 23.9. The van der Waals surface area contributed by atoms with Crippen LogP contribution in [0.15, 0.2) is 42.5 Å². The SMILES string of the molecule is CC(C)(CNC(=O)C(N)=O)CNc1ccc(Nc2nc(NC3(c4ccc(Cl)cc4)CC3)nc(OCC(F)(F)F)n2)cc1F. The summed E-state index contributed by atoms with van der Waals surface area (Å²) in [5.41, 5.74) is 5.07. The number of ether oxygens (including phenoxy) is 1. The maximum Gasteiger partial charge on any atom is 0.422 e. The van der Waals surface area contributed by atoms with Crippen LogP contribution in [0, 0.1) is 11.2 Å². The summed E-state index contributed by atoms with van der Waals surface area (Å²) in [7, 11) is 0. The van der Waals surface area contributed by atoms with E-state index in [1.54, 1.807) is 26.0 Å². The number of carbonyl (C=O) groups excluding carboxylic acids is 2. The van der Waals surface area contributed by atoms with Crippen molar-refractivity contribution in [3.05, 3.63) is 58.9 Å². The summed E-state index contributed by atoms with van der Waals surface area (Å²) in [6, 6.07) is 10.6. The highest BCUT2D eigenvalue weighted by atomic mass is 35.5. The van der Waals surface area contributed by atoms with Gasteiger partial charge in [0.25, 0.3) is 0 Å². The molecular weight excluding hydrogens is 596 g/mol. The van der Waals surface area contributed by atoms with Crippen LogP contribution in [0.25, 0.3) is 0 Å². The molecule has 3 aromatic rings. The van der Waals surface area contributed by atoms with E-state index in [9.17, 15) is 27.2 Å². The summed E-state index contributed by atoms with van der Waals surface area (Å²) < 4.78 is 58.2. The predicted octanol–water partition coefficient (Wildman–Crippen LogP) is 4.49. The molecule has 43 heavy (non-hydrogen) atoms. The smallest absolute Gasteiger partial charge is 0.422 e. The molecule has 0 aliphatic heterocycles. The Morgan fingerprint density at radius 1 is 1.02 bits per heavy atom. The van der Waals surface area contributed by atoms with Crippen LogP contribution < -0.4 is 31.7 Å². The number of carbonyl (C=O) groups is 2. The van der Waals surface area contributed by atoms with Crippen molar-refractivity contribution in [1.29, 1.82) is 0 Å². The lowest BCUT2D eigenvalue weighted by atomic mass is 9.93. The number of amides is 2. The van der Waals surface area contributed by atoms with Crippen molar-refractivity contribution >= 4 is 46.7 Å². The molecule has 11 nitrogen and oxygen atoms in total. The standard InChI is InChI=1S/C27H29ClF4N8O3/c1-25(2,13-35-21(42)20(33)41)12-34-19-8-7-17(11-18(19)29)36-22-37-23(39-24(38-22)43-14-27(30,31)32)40-26(9-10-26)15-3-5-16(28)6-4-15/h3-8,11,34H,9-10,12-14H2,1-2H3,(H2,33,41)(H,35,42)(H2,36,37,38,39,40). The Bertz CT molecular complexity index is 1480. The monoisotopic (exact) mass is 624 g/mol. The summed E-state index contributed by atoms with van der Waals surface area (Å²) in [4.78, 5) is 34.5. The third kappa shape index (κ3) is 9.04. The number of nitrogens with one attached hydrogen (secondary N) is 4. The summed E-state index contributed by atoms with van der Waals surface area (Å²) in [6.45, 7) is 2.30. The molecule has 4 rings (SSSR count). The quantitative estimate of drug-likeness (QED) is 0.145. The molecule has 0 bridgehead atoms. The number of rotatable bonds is 12. The predicted molar refractivity (Wildman–Crippen MR) is 152 cm³/mol. The molecular formula is C27H29ClF4N8O3. The Labute approximate surface area is 249 Å². The number of hydrogen-bond donors (Lipinski definition) is 5. The fourth-order valence-corrected chi connectivity index (χ4v) is 4.07. The third-order valence-electron chi connectivity index (χ3n) is 6.41. The largest absolute Gasteiger partial charge is 0.454 e. The molecule has 6 N–H and O–H groups in total. The van der Waals surface area contributed by atoms with E-state index in [4.69, 9.17) is 22.1 Å². The molecule has 1 heterocycles. The number of primary amides is 1. The molecule has 0 spiro atoms. The van der Waals surface area contributed by atoms with E-state index < -0.39 is 47.4 Å². The van der Waals surface area contributed by atoms with Crippen LogP contribution in [0.1, 0.15) is 32.3 Å². The molecule has 2 aromatic carbocycles. The first kappa shape index (κ1) is 31.5. The number of halogens is 5. The minimum absolute atomic E-state index is 0.0356. The average Bonchev–Trinajstić information content (AvgIpc) is 3.70. The van der Waals surface area contributed by atoms with Gasteiger partial charge in [-0.15, -0.1) is 0 Å². The topological polar surface area (TPSA) is 156 Å². The minimum atomic E-state index is -4.62. The summed E-state index contributed by atoms with van der Waals surface area (Å²) in [5, 5.41) is 11.8. The van der Waals surface area contributed by atoms with Gasteiger partial charge in [-0.25, -0.2) is 4.39 Å². The van der Waals surface area contributed by atoms with E-state index in [1.165, 1.54) is 12.1 Å². The Hall–Kier alpha value is -4.40. The fraction of sp³-hybridized carbons (Fsp3) is 0.370. The fourth-order valence-electron chi connectivity index (χ4n) is 3.94. The number of benzene rings is 2. The van der Waals surface area contributed by atoms with Gasteiger partial charge in [0, 0.05) is 23.8 Å². The minimum Gasteiger partial charge on any atom is -0.454 e. The first-order chi connectivity index (χ1) is 20.1. The molecule has 0 unspecified atom stereocenters. The van der Waals surface area contributed by atoms with E-state index in [0.29, 0.717) is 5.02 Å². The first-order valence-corrected chi connectivity index (χ1v) is 13.4. The van der Waals surface area contributed by atoms with Crippen LogP contribution >= 0.6 is 11.6 Å². The van der Waals surface area contributed by atoms with Gasteiger partial charge in [0.2, 0.25) is 11.9 Å². The lowest BCUT2D eigenvalue weighted by Gasteiger charge is -2.25. The summed E-state index contributed by atoms with van der Waals surface area (Å²) in [6.07, 6.45) is -3.19. The molecule has 16 heteroatoms. The van der Waals surface area contributed by atoms with Gasteiger partial charge in [0.15, 0.2) is 6.61 Å². The number of alkyl halides is 3. The van der Waals surface area contributed by atoms with Gasteiger partial charge in [-0.1, -0.05) is 37.6 Å². The van der Waals surface area contributed by atoms with Crippen molar-refractivity contribution in [3.8, 4) is 6.01 Å². The molecule has 0 radical (unpaired) electrons. The van der Waals surface area contributed by atoms with Gasteiger partial charge in [-0.3, -0.25) is 9.59 Å². The van der Waals surface area contributed by atoms with Crippen LogP contribution in [-0.4, -0.2) is 52.6 Å². The van der Waals surface area contributed by atoms with Crippen LogP contribution in [0.3, 0.4) is 0 Å². The molecule has 1 aromatic heterocycles. The number of hydrogen-bond acceptors (Lipinski definition) is 9. The van der Waals surface area contributed by atoms with E-state index in [1.807, 2.05) is 12.1 Å². The van der Waals surface area contributed by atoms with Crippen molar-refractivity contribution < 1.29 is 31.9 Å². The van der Waals surface area contributed by atoms with Gasteiger partial charge in [-0.05, 0) is 54.2 Å². The highest BCUT2D eigenvalue weighted by Gasteiger charge is 2.45. The Balaban J connectivity index is 1.48. The Kier molecular flexibility index (Phi) is 9.13. The van der Waals surface area contributed by atoms with E-state index >= 15 is 0 Å². The number of nitrogens with zero attached hydrogens (tertiary/aromatic N) is 3. The average molecular weight is 625 g/mol. The number of anilines is 4. The van der Waals surface area contributed by atoms with Crippen molar-refractivity contribution in [1.82, 2.24) is 20.3 Å².